The Kier molecular flexibility index (Phi) is 5.62. The highest BCUT2D eigenvalue weighted by Crippen LogP contribution is 2.19. The normalized spacial score (nSPS) is 11.4. The maximum Gasteiger partial charge on any atom is 0.311 e. The molecule has 2 amide bonds. The number of carboxylic acid groups (broad SMARTS) is 1. The number of aliphatic carboxylic acids is 1. The van der Waals surface area contributed by atoms with Crippen molar-refractivity contribution in [3.63, 3.8) is 0 Å². The third kappa shape index (κ3) is 4.64. The van der Waals surface area contributed by atoms with Crippen molar-refractivity contribution < 1.29 is 23.9 Å². The first-order valence-electron chi connectivity index (χ1n) is 7.10. The molecule has 0 heterocycles. The molecule has 3 N–H and O–H groups in total. The van der Waals surface area contributed by atoms with Crippen LogP contribution in [-0.4, -0.2) is 22.9 Å². The second-order valence-corrected chi connectivity index (χ2v) is 5.01. The third-order valence-corrected chi connectivity index (χ3v) is 3.31. The maximum absolute atomic E-state index is 12.8. The minimum absolute atomic E-state index is 0.162. The lowest BCUT2D eigenvalue weighted by atomic mass is 9.96. The van der Waals surface area contributed by atoms with Gasteiger partial charge in [0, 0.05) is 12.0 Å². The molecule has 0 radical (unpaired) electrons. The number of carboxylic acids is 1. The molecule has 2 aromatic rings. The van der Waals surface area contributed by atoms with Gasteiger partial charge in [0.1, 0.15) is 5.82 Å². The van der Waals surface area contributed by atoms with Crippen molar-refractivity contribution >= 4 is 17.8 Å². The zero-order valence-electron chi connectivity index (χ0n) is 12.5. The highest BCUT2D eigenvalue weighted by atomic mass is 19.1. The molecular formula is C17H15FN2O4. The number of hydrogen-bond acceptors (Lipinski definition) is 3. The van der Waals surface area contributed by atoms with Gasteiger partial charge in [0.25, 0.3) is 5.91 Å². The summed E-state index contributed by atoms with van der Waals surface area (Å²) in [6.07, 6.45) is -0.330. The van der Waals surface area contributed by atoms with Crippen molar-refractivity contribution in [2.75, 3.05) is 0 Å². The number of hydrogen-bond donors (Lipinski definition) is 3. The summed E-state index contributed by atoms with van der Waals surface area (Å²) in [6, 6.07) is 13.1. The lowest BCUT2D eigenvalue weighted by Gasteiger charge is -2.13. The molecule has 0 aliphatic carbocycles. The van der Waals surface area contributed by atoms with E-state index < -0.39 is 29.5 Å². The van der Waals surface area contributed by atoms with Gasteiger partial charge in [0.05, 0.1) is 5.92 Å². The number of halogens is 1. The van der Waals surface area contributed by atoms with E-state index in [-0.39, 0.29) is 12.0 Å². The highest BCUT2D eigenvalue weighted by Gasteiger charge is 2.23. The topological polar surface area (TPSA) is 95.5 Å². The lowest BCUT2D eigenvalue weighted by molar-refractivity contribution is -0.140. The van der Waals surface area contributed by atoms with E-state index in [2.05, 4.69) is 10.9 Å². The molecule has 124 valence electrons. The Morgan fingerprint density at radius 1 is 0.958 bits per heavy atom. The predicted octanol–water partition coefficient (Wildman–Crippen LogP) is 1.85. The first-order chi connectivity index (χ1) is 11.5. The van der Waals surface area contributed by atoms with E-state index >= 15 is 0 Å². The van der Waals surface area contributed by atoms with Crippen LogP contribution in [0.3, 0.4) is 0 Å². The van der Waals surface area contributed by atoms with Gasteiger partial charge in [-0.1, -0.05) is 30.3 Å². The van der Waals surface area contributed by atoms with Crippen LogP contribution < -0.4 is 10.9 Å². The predicted molar refractivity (Wildman–Crippen MR) is 83.4 cm³/mol. The largest absolute Gasteiger partial charge is 0.481 e. The first-order valence-corrected chi connectivity index (χ1v) is 7.10. The molecule has 0 saturated heterocycles. The summed E-state index contributed by atoms with van der Waals surface area (Å²) in [5.41, 5.74) is 4.97. The molecule has 7 heteroatoms. The van der Waals surface area contributed by atoms with Crippen LogP contribution in [0.15, 0.2) is 54.6 Å². The van der Waals surface area contributed by atoms with E-state index in [4.69, 9.17) is 0 Å². The van der Waals surface area contributed by atoms with E-state index in [0.29, 0.717) is 5.56 Å². The van der Waals surface area contributed by atoms with Crippen LogP contribution in [0.25, 0.3) is 0 Å². The minimum Gasteiger partial charge on any atom is -0.481 e. The summed E-state index contributed by atoms with van der Waals surface area (Å²) >= 11 is 0. The van der Waals surface area contributed by atoms with E-state index in [1.165, 1.54) is 12.1 Å². The number of amides is 2. The van der Waals surface area contributed by atoms with Crippen molar-refractivity contribution in [2.45, 2.75) is 12.3 Å². The van der Waals surface area contributed by atoms with Crippen LogP contribution in [-0.2, 0) is 9.59 Å². The van der Waals surface area contributed by atoms with E-state index in [9.17, 15) is 23.9 Å². The van der Waals surface area contributed by atoms with Gasteiger partial charge in [-0.3, -0.25) is 25.2 Å². The molecule has 0 saturated carbocycles. The summed E-state index contributed by atoms with van der Waals surface area (Å²) in [6.45, 7) is 0. The van der Waals surface area contributed by atoms with Crippen LogP contribution in [0.5, 0.6) is 0 Å². The van der Waals surface area contributed by atoms with Crippen LogP contribution in [0.2, 0.25) is 0 Å². The van der Waals surface area contributed by atoms with Gasteiger partial charge >= 0.3 is 5.97 Å². The number of carbonyl (C=O) groups is 3. The Hall–Kier alpha value is -3.22. The van der Waals surface area contributed by atoms with Crippen molar-refractivity contribution in [1.82, 2.24) is 10.9 Å². The third-order valence-electron chi connectivity index (χ3n) is 3.31. The van der Waals surface area contributed by atoms with Gasteiger partial charge in [0.2, 0.25) is 5.91 Å². The molecule has 0 spiro atoms. The van der Waals surface area contributed by atoms with Crippen LogP contribution in [0.1, 0.15) is 28.3 Å². The fourth-order valence-electron chi connectivity index (χ4n) is 2.07. The van der Waals surface area contributed by atoms with Gasteiger partial charge in [-0.15, -0.1) is 0 Å². The van der Waals surface area contributed by atoms with Crippen molar-refractivity contribution in [3.05, 3.63) is 71.5 Å². The monoisotopic (exact) mass is 330 g/mol. The second-order valence-electron chi connectivity index (χ2n) is 5.01. The van der Waals surface area contributed by atoms with E-state index in [1.807, 2.05) is 0 Å². The molecule has 1 atom stereocenters. The summed E-state index contributed by atoms with van der Waals surface area (Å²) in [7, 11) is 0. The molecule has 2 aromatic carbocycles. The van der Waals surface area contributed by atoms with Crippen LogP contribution >= 0.6 is 0 Å². The first kappa shape index (κ1) is 17.1. The number of carbonyl (C=O) groups excluding carboxylic acids is 2. The molecule has 0 aliphatic heterocycles. The average Bonchev–Trinajstić information content (AvgIpc) is 2.58. The SMILES string of the molecule is O=C(CC(C(=O)O)c1ccccc1)NNC(=O)c1ccc(F)cc1. The zero-order chi connectivity index (χ0) is 17.5. The van der Waals surface area contributed by atoms with E-state index in [0.717, 1.165) is 12.1 Å². The van der Waals surface area contributed by atoms with Gasteiger partial charge in [-0.25, -0.2) is 4.39 Å². The summed E-state index contributed by atoms with van der Waals surface area (Å²) < 4.78 is 12.8. The smallest absolute Gasteiger partial charge is 0.311 e. The summed E-state index contributed by atoms with van der Waals surface area (Å²) in [4.78, 5) is 35.0. The lowest BCUT2D eigenvalue weighted by Crippen LogP contribution is -2.42. The number of rotatable bonds is 5. The zero-order valence-corrected chi connectivity index (χ0v) is 12.5. The Labute approximate surface area is 137 Å². The van der Waals surface area contributed by atoms with Gasteiger partial charge in [0.15, 0.2) is 0 Å². The Morgan fingerprint density at radius 2 is 1.58 bits per heavy atom. The standard InChI is InChI=1S/C17H15FN2O4/c18-13-8-6-12(7-9-13)16(22)20-19-15(21)10-14(17(23)24)11-4-2-1-3-5-11/h1-9,14H,10H2,(H,19,21)(H,20,22)(H,23,24). The van der Waals surface area contributed by atoms with Crippen LogP contribution in [0, 0.1) is 5.82 Å². The molecule has 2 rings (SSSR count). The molecule has 0 aromatic heterocycles. The molecule has 0 fully saturated rings. The molecule has 0 aliphatic rings. The summed E-state index contributed by atoms with van der Waals surface area (Å²) in [5.74, 6) is -3.92. The van der Waals surface area contributed by atoms with Crippen LogP contribution in [0.4, 0.5) is 4.39 Å². The van der Waals surface area contributed by atoms with Crippen molar-refractivity contribution in [2.24, 2.45) is 0 Å². The molecular weight excluding hydrogens is 315 g/mol. The molecule has 0 bridgehead atoms. The van der Waals surface area contributed by atoms with Gasteiger partial charge in [-0.2, -0.15) is 0 Å². The van der Waals surface area contributed by atoms with Crippen molar-refractivity contribution in [3.8, 4) is 0 Å². The molecule has 6 nitrogen and oxygen atoms in total. The maximum atomic E-state index is 12.8. The minimum atomic E-state index is -1.14. The molecule has 1 unspecified atom stereocenters. The Morgan fingerprint density at radius 3 is 2.17 bits per heavy atom. The van der Waals surface area contributed by atoms with E-state index in [1.54, 1.807) is 30.3 Å². The number of hydrazine groups is 1. The fraction of sp³-hybridized carbons (Fsp3) is 0.118. The van der Waals surface area contributed by atoms with Gasteiger partial charge < -0.3 is 5.11 Å². The highest BCUT2D eigenvalue weighted by molar-refractivity contribution is 5.95. The van der Waals surface area contributed by atoms with Crippen molar-refractivity contribution in [1.29, 1.82) is 0 Å². The summed E-state index contributed by atoms with van der Waals surface area (Å²) in [5, 5.41) is 9.25. The Balaban J connectivity index is 1.93. The number of benzene rings is 2. The quantitative estimate of drug-likeness (QED) is 0.729. The van der Waals surface area contributed by atoms with Gasteiger partial charge in [-0.05, 0) is 29.8 Å². The average molecular weight is 330 g/mol. The number of nitrogens with one attached hydrogen (secondary N) is 2. The molecule has 24 heavy (non-hydrogen) atoms. The Bertz CT molecular complexity index is 732. The fourth-order valence-corrected chi connectivity index (χ4v) is 2.07. The second kappa shape index (κ2) is 7.87.